The Morgan fingerprint density at radius 2 is 2.21 bits per heavy atom. The smallest absolute Gasteiger partial charge is 0.113 e. The van der Waals surface area contributed by atoms with E-state index in [1.807, 2.05) is 12.1 Å². The Kier molecular flexibility index (Phi) is 3.19. The molecule has 19 heavy (non-hydrogen) atoms. The van der Waals surface area contributed by atoms with Crippen LogP contribution in [0.3, 0.4) is 0 Å². The molecular weight excluding hydrogens is 236 g/mol. The van der Waals surface area contributed by atoms with E-state index in [1.165, 1.54) is 24.2 Å². The largest absolute Gasteiger partial charge is 0.399 e. The number of likely N-dealkylation sites (N-methyl/N-ethyl adjacent to an activating group) is 1. The summed E-state index contributed by atoms with van der Waals surface area (Å²) in [5, 5.41) is 0. The number of imidazole rings is 1. The maximum atomic E-state index is 5.86. The zero-order valence-corrected chi connectivity index (χ0v) is 11.8. The maximum absolute atomic E-state index is 5.86. The number of nitrogens with zero attached hydrogens (tertiary/aromatic N) is 3. The van der Waals surface area contributed by atoms with E-state index in [1.54, 1.807) is 0 Å². The summed E-state index contributed by atoms with van der Waals surface area (Å²) < 4.78 is 2.39. The number of hydrogen-bond acceptors (Lipinski definition) is 3. The molecule has 0 unspecified atom stereocenters. The monoisotopic (exact) mass is 258 g/mol. The van der Waals surface area contributed by atoms with Crippen LogP contribution in [-0.4, -0.2) is 34.6 Å². The van der Waals surface area contributed by atoms with Crippen molar-refractivity contribution < 1.29 is 0 Å². The van der Waals surface area contributed by atoms with E-state index in [-0.39, 0.29) is 0 Å². The van der Waals surface area contributed by atoms with Gasteiger partial charge in [-0.3, -0.25) is 0 Å². The van der Waals surface area contributed by atoms with Gasteiger partial charge in [0.15, 0.2) is 0 Å². The molecule has 1 aromatic carbocycles. The lowest BCUT2D eigenvalue weighted by atomic mass is 10.3. The number of hydrogen-bond donors (Lipinski definition) is 1. The SMILES string of the molecule is CCN(C)CCn1c(C2CC2)nc2cc(N)ccc21. The summed E-state index contributed by atoms with van der Waals surface area (Å²) in [7, 11) is 2.16. The van der Waals surface area contributed by atoms with Crippen LogP contribution in [0.4, 0.5) is 5.69 Å². The van der Waals surface area contributed by atoms with Crippen molar-refractivity contribution in [2.45, 2.75) is 32.2 Å². The van der Waals surface area contributed by atoms with Crippen molar-refractivity contribution in [1.29, 1.82) is 0 Å². The predicted molar refractivity (Wildman–Crippen MR) is 79.3 cm³/mol. The van der Waals surface area contributed by atoms with Crippen LogP contribution in [0.2, 0.25) is 0 Å². The average Bonchev–Trinajstić information content (AvgIpc) is 3.18. The lowest BCUT2D eigenvalue weighted by Crippen LogP contribution is -2.23. The van der Waals surface area contributed by atoms with Crippen LogP contribution < -0.4 is 5.73 Å². The summed E-state index contributed by atoms with van der Waals surface area (Å²) in [5.74, 6) is 1.92. The summed E-state index contributed by atoms with van der Waals surface area (Å²) in [6.07, 6.45) is 2.56. The van der Waals surface area contributed by atoms with E-state index in [0.717, 1.165) is 30.8 Å². The molecule has 0 amide bonds. The van der Waals surface area contributed by atoms with Gasteiger partial charge < -0.3 is 15.2 Å². The topological polar surface area (TPSA) is 47.1 Å². The quantitative estimate of drug-likeness (QED) is 0.838. The van der Waals surface area contributed by atoms with Gasteiger partial charge in [-0.1, -0.05) is 6.92 Å². The Labute approximate surface area is 114 Å². The third-order valence-corrected chi connectivity index (χ3v) is 3.99. The molecule has 0 spiro atoms. The van der Waals surface area contributed by atoms with Gasteiger partial charge in [0.2, 0.25) is 0 Å². The van der Waals surface area contributed by atoms with Gasteiger partial charge in [-0.25, -0.2) is 4.98 Å². The minimum absolute atomic E-state index is 0.667. The second kappa shape index (κ2) is 4.85. The highest BCUT2D eigenvalue weighted by atomic mass is 15.2. The van der Waals surface area contributed by atoms with Crippen LogP contribution in [0, 0.1) is 0 Å². The molecule has 2 N–H and O–H groups in total. The van der Waals surface area contributed by atoms with E-state index in [9.17, 15) is 0 Å². The first-order chi connectivity index (χ1) is 9.19. The van der Waals surface area contributed by atoms with E-state index in [4.69, 9.17) is 10.7 Å². The van der Waals surface area contributed by atoms with Crippen molar-refractivity contribution in [3.63, 3.8) is 0 Å². The molecule has 4 heteroatoms. The van der Waals surface area contributed by atoms with Crippen LogP contribution in [0.5, 0.6) is 0 Å². The van der Waals surface area contributed by atoms with Crippen LogP contribution in [0.15, 0.2) is 18.2 Å². The molecule has 1 aliphatic rings. The summed E-state index contributed by atoms with van der Waals surface area (Å²) in [6.45, 7) is 5.34. The lowest BCUT2D eigenvalue weighted by molar-refractivity contribution is 0.335. The molecule has 1 heterocycles. The summed E-state index contributed by atoms with van der Waals surface area (Å²) in [5.41, 5.74) is 8.92. The van der Waals surface area contributed by atoms with E-state index < -0.39 is 0 Å². The molecule has 1 fully saturated rings. The van der Waals surface area contributed by atoms with Crippen LogP contribution in [-0.2, 0) is 6.54 Å². The van der Waals surface area contributed by atoms with Gasteiger partial charge in [0.25, 0.3) is 0 Å². The molecule has 0 saturated heterocycles. The molecule has 1 aromatic heterocycles. The van der Waals surface area contributed by atoms with Gasteiger partial charge in [0, 0.05) is 24.7 Å². The standard InChI is InChI=1S/C15H22N4/c1-3-18(2)8-9-19-14-7-6-12(16)10-13(14)17-15(19)11-4-5-11/h6-7,10-11H,3-5,8-9,16H2,1-2H3. The molecule has 0 atom stereocenters. The van der Waals surface area contributed by atoms with Gasteiger partial charge in [0.05, 0.1) is 11.0 Å². The third-order valence-electron chi connectivity index (χ3n) is 3.99. The number of benzene rings is 1. The van der Waals surface area contributed by atoms with Crippen molar-refractivity contribution in [3.05, 3.63) is 24.0 Å². The molecule has 0 radical (unpaired) electrons. The fourth-order valence-electron chi connectivity index (χ4n) is 2.48. The summed E-state index contributed by atoms with van der Waals surface area (Å²) in [6, 6.07) is 6.07. The van der Waals surface area contributed by atoms with E-state index >= 15 is 0 Å². The lowest BCUT2D eigenvalue weighted by Gasteiger charge is -2.16. The Morgan fingerprint density at radius 3 is 2.89 bits per heavy atom. The van der Waals surface area contributed by atoms with Crippen molar-refractivity contribution in [3.8, 4) is 0 Å². The highest BCUT2D eigenvalue weighted by Crippen LogP contribution is 2.40. The first-order valence-corrected chi connectivity index (χ1v) is 7.13. The highest BCUT2D eigenvalue weighted by Gasteiger charge is 2.29. The van der Waals surface area contributed by atoms with Gasteiger partial charge in [-0.2, -0.15) is 0 Å². The number of nitrogens with two attached hydrogens (primary N) is 1. The zero-order chi connectivity index (χ0) is 13.4. The second-order valence-electron chi connectivity index (χ2n) is 5.54. The summed E-state index contributed by atoms with van der Waals surface area (Å²) >= 11 is 0. The first-order valence-electron chi connectivity index (χ1n) is 7.13. The average molecular weight is 258 g/mol. The van der Waals surface area contributed by atoms with Gasteiger partial charge in [-0.05, 0) is 44.6 Å². The predicted octanol–water partition coefficient (Wildman–Crippen LogP) is 2.45. The Balaban J connectivity index is 1.96. The molecule has 102 valence electrons. The molecule has 3 rings (SSSR count). The zero-order valence-electron chi connectivity index (χ0n) is 11.8. The fourth-order valence-corrected chi connectivity index (χ4v) is 2.48. The minimum atomic E-state index is 0.667. The second-order valence-corrected chi connectivity index (χ2v) is 5.54. The summed E-state index contributed by atoms with van der Waals surface area (Å²) in [4.78, 5) is 7.14. The highest BCUT2D eigenvalue weighted by molar-refractivity contribution is 5.79. The van der Waals surface area contributed by atoms with Gasteiger partial charge >= 0.3 is 0 Å². The normalized spacial score (nSPS) is 15.5. The molecular formula is C15H22N4. The van der Waals surface area contributed by atoms with Crippen molar-refractivity contribution >= 4 is 16.7 Å². The molecule has 1 aliphatic carbocycles. The fraction of sp³-hybridized carbons (Fsp3) is 0.533. The number of rotatable bonds is 5. The van der Waals surface area contributed by atoms with Gasteiger partial charge in [-0.15, -0.1) is 0 Å². The first kappa shape index (κ1) is 12.5. The van der Waals surface area contributed by atoms with Gasteiger partial charge in [0.1, 0.15) is 5.82 Å². The number of aromatic nitrogens is 2. The molecule has 2 aromatic rings. The Morgan fingerprint density at radius 1 is 1.42 bits per heavy atom. The van der Waals surface area contributed by atoms with E-state index in [0.29, 0.717) is 5.92 Å². The van der Waals surface area contributed by atoms with Crippen LogP contribution in [0.1, 0.15) is 31.5 Å². The molecule has 1 saturated carbocycles. The molecule has 0 aliphatic heterocycles. The molecule has 0 bridgehead atoms. The van der Waals surface area contributed by atoms with Crippen molar-refractivity contribution in [2.75, 3.05) is 25.9 Å². The Hall–Kier alpha value is -1.55. The number of fused-ring (bicyclic) bond motifs is 1. The van der Waals surface area contributed by atoms with E-state index in [2.05, 4.69) is 29.5 Å². The number of anilines is 1. The van der Waals surface area contributed by atoms with Crippen molar-refractivity contribution in [1.82, 2.24) is 14.5 Å². The minimum Gasteiger partial charge on any atom is -0.399 e. The molecule has 4 nitrogen and oxygen atoms in total. The number of nitrogen functional groups attached to an aromatic ring is 1. The maximum Gasteiger partial charge on any atom is 0.113 e. The Bertz CT molecular complexity index is 583. The van der Waals surface area contributed by atoms with Crippen LogP contribution >= 0.6 is 0 Å². The third kappa shape index (κ3) is 2.45. The van der Waals surface area contributed by atoms with Crippen LogP contribution in [0.25, 0.3) is 11.0 Å². The van der Waals surface area contributed by atoms with Crippen molar-refractivity contribution in [2.24, 2.45) is 0 Å².